The summed E-state index contributed by atoms with van der Waals surface area (Å²) in [7, 11) is 0. The average molecular weight is 293 g/mol. The van der Waals surface area contributed by atoms with Crippen molar-refractivity contribution in [2.24, 2.45) is 11.7 Å². The number of carbonyl (C=O) groups excluding carboxylic acids is 1. The van der Waals surface area contributed by atoms with E-state index >= 15 is 0 Å². The van der Waals surface area contributed by atoms with Gasteiger partial charge in [0.2, 0.25) is 0 Å². The van der Waals surface area contributed by atoms with Crippen molar-refractivity contribution >= 4 is 11.7 Å². The van der Waals surface area contributed by atoms with Crippen LogP contribution in [0.3, 0.4) is 0 Å². The largest absolute Gasteiger partial charge is 0.381 e. The fraction of sp³-hybridized carbons (Fsp3) is 0.562. The summed E-state index contributed by atoms with van der Waals surface area (Å²) >= 11 is 0. The van der Waals surface area contributed by atoms with E-state index in [1.807, 2.05) is 31.2 Å². The molecule has 0 aliphatic rings. The first-order valence-electron chi connectivity index (χ1n) is 7.47. The molecule has 0 spiro atoms. The second-order valence-electron chi connectivity index (χ2n) is 5.62. The van der Waals surface area contributed by atoms with E-state index in [1.54, 1.807) is 0 Å². The fourth-order valence-electron chi connectivity index (χ4n) is 1.77. The predicted octanol–water partition coefficient (Wildman–Crippen LogP) is 2.89. The zero-order chi connectivity index (χ0) is 15.7. The van der Waals surface area contributed by atoms with Gasteiger partial charge in [-0.05, 0) is 37.0 Å². The molecular formula is C16H27N3O2. The number of hydrogen-bond donors (Lipinski definition) is 3. The number of carbonyl (C=O) groups is 1. The first-order valence-corrected chi connectivity index (χ1v) is 7.47. The van der Waals surface area contributed by atoms with Crippen molar-refractivity contribution in [1.29, 1.82) is 0 Å². The predicted molar refractivity (Wildman–Crippen MR) is 86.3 cm³/mol. The van der Waals surface area contributed by atoms with Gasteiger partial charge in [-0.25, -0.2) is 4.79 Å². The highest BCUT2D eigenvalue weighted by Crippen LogP contribution is 2.15. The third-order valence-corrected chi connectivity index (χ3v) is 2.87. The van der Waals surface area contributed by atoms with Gasteiger partial charge in [-0.2, -0.15) is 0 Å². The average Bonchev–Trinajstić information content (AvgIpc) is 2.42. The summed E-state index contributed by atoms with van der Waals surface area (Å²) in [5.74, 6) is 0.540. The Morgan fingerprint density at radius 3 is 2.76 bits per heavy atom. The van der Waals surface area contributed by atoms with Crippen molar-refractivity contribution in [3.63, 3.8) is 0 Å². The molecule has 0 radical (unpaired) electrons. The normalized spacial score (nSPS) is 12.2. The Balaban J connectivity index is 2.23. The number of nitrogens with two attached hydrogens (primary N) is 1. The molecule has 0 bridgehead atoms. The van der Waals surface area contributed by atoms with Gasteiger partial charge in [-0.3, -0.25) is 0 Å². The van der Waals surface area contributed by atoms with E-state index in [9.17, 15) is 4.79 Å². The zero-order valence-electron chi connectivity index (χ0n) is 13.2. The molecule has 1 aromatic rings. The molecule has 5 nitrogen and oxygen atoms in total. The van der Waals surface area contributed by atoms with E-state index in [-0.39, 0.29) is 12.1 Å². The minimum atomic E-state index is -0.208. The molecule has 5 heteroatoms. The van der Waals surface area contributed by atoms with Crippen molar-refractivity contribution in [2.45, 2.75) is 33.2 Å². The molecule has 118 valence electrons. The third kappa shape index (κ3) is 7.68. The minimum absolute atomic E-state index is 0.0482. The highest BCUT2D eigenvalue weighted by Gasteiger charge is 2.04. The van der Waals surface area contributed by atoms with E-state index in [0.717, 1.165) is 24.3 Å². The molecule has 2 amide bonds. The van der Waals surface area contributed by atoms with Crippen LogP contribution in [-0.4, -0.2) is 25.8 Å². The Morgan fingerprint density at radius 1 is 1.33 bits per heavy atom. The molecule has 1 rings (SSSR count). The molecule has 0 heterocycles. The van der Waals surface area contributed by atoms with Crippen molar-refractivity contribution in [1.82, 2.24) is 5.32 Å². The van der Waals surface area contributed by atoms with Crippen LogP contribution in [0.5, 0.6) is 0 Å². The smallest absolute Gasteiger partial charge is 0.319 e. The third-order valence-electron chi connectivity index (χ3n) is 2.87. The molecule has 0 saturated carbocycles. The van der Waals surface area contributed by atoms with Crippen molar-refractivity contribution < 1.29 is 9.53 Å². The molecule has 0 aliphatic carbocycles. The summed E-state index contributed by atoms with van der Waals surface area (Å²) in [6.07, 6.45) is 0.806. The van der Waals surface area contributed by atoms with Gasteiger partial charge in [-0.1, -0.05) is 26.0 Å². The maximum Gasteiger partial charge on any atom is 0.319 e. The molecule has 0 aliphatic heterocycles. The number of nitrogens with one attached hydrogen (secondary N) is 2. The summed E-state index contributed by atoms with van der Waals surface area (Å²) in [6.45, 7) is 8.16. The second kappa shape index (κ2) is 9.37. The van der Waals surface area contributed by atoms with Gasteiger partial charge in [0.15, 0.2) is 0 Å². The topological polar surface area (TPSA) is 76.4 Å². The fourth-order valence-corrected chi connectivity index (χ4v) is 1.77. The van der Waals surface area contributed by atoms with Crippen LogP contribution < -0.4 is 16.4 Å². The molecule has 21 heavy (non-hydrogen) atoms. The van der Waals surface area contributed by atoms with Crippen LogP contribution >= 0.6 is 0 Å². The Bertz CT molecular complexity index is 433. The standard InChI is InChI=1S/C16H27N3O2/c1-12(2)11-21-9-5-8-18-16(20)19-15-7-4-6-14(10-15)13(3)17/h4,6-7,10,12-13H,5,8-9,11,17H2,1-3H3,(H2,18,19,20). The van der Waals surface area contributed by atoms with Crippen LogP contribution in [0, 0.1) is 5.92 Å². The number of rotatable bonds is 8. The highest BCUT2D eigenvalue weighted by molar-refractivity contribution is 5.89. The number of amides is 2. The van der Waals surface area contributed by atoms with Crippen LogP contribution in [0.2, 0.25) is 0 Å². The minimum Gasteiger partial charge on any atom is -0.381 e. The lowest BCUT2D eigenvalue weighted by atomic mass is 10.1. The van der Waals surface area contributed by atoms with Crippen LogP contribution in [0.15, 0.2) is 24.3 Å². The lowest BCUT2D eigenvalue weighted by Crippen LogP contribution is -2.30. The number of ether oxygens (including phenoxy) is 1. The Morgan fingerprint density at radius 2 is 2.10 bits per heavy atom. The van der Waals surface area contributed by atoms with Crippen LogP contribution in [-0.2, 0) is 4.74 Å². The molecule has 0 saturated heterocycles. The van der Waals surface area contributed by atoms with Crippen molar-refractivity contribution in [3.8, 4) is 0 Å². The molecule has 1 aromatic carbocycles. The summed E-state index contributed by atoms with van der Waals surface area (Å²) in [5, 5.41) is 5.61. The maximum atomic E-state index is 11.7. The Labute approximate surface area is 127 Å². The van der Waals surface area contributed by atoms with Crippen LogP contribution in [0.4, 0.5) is 10.5 Å². The summed E-state index contributed by atoms with van der Waals surface area (Å²) < 4.78 is 5.45. The van der Waals surface area contributed by atoms with E-state index in [1.165, 1.54) is 0 Å². The van der Waals surface area contributed by atoms with Crippen molar-refractivity contribution in [3.05, 3.63) is 29.8 Å². The Hall–Kier alpha value is -1.59. The van der Waals surface area contributed by atoms with Gasteiger partial charge in [0.25, 0.3) is 0 Å². The Kier molecular flexibility index (Phi) is 7.79. The number of urea groups is 1. The zero-order valence-corrected chi connectivity index (χ0v) is 13.2. The maximum absolute atomic E-state index is 11.7. The number of hydrogen-bond acceptors (Lipinski definition) is 3. The molecule has 1 unspecified atom stereocenters. The molecule has 0 aromatic heterocycles. The monoisotopic (exact) mass is 293 g/mol. The molecular weight excluding hydrogens is 266 g/mol. The van der Waals surface area contributed by atoms with Gasteiger partial charge in [0, 0.05) is 31.5 Å². The van der Waals surface area contributed by atoms with Crippen LogP contribution in [0.25, 0.3) is 0 Å². The quantitative estimate of drug-likeness (QED) is 0.645. The highest BCUT2D eigenvalue weighted by atomic mass is 16.5. The lowest BCUT2D eigenvalue weighted by molar-refractivity contribution is 0.108. The summed E-state index contributed by atoms with van der Waals surface area (Å²) in [4.78, 5) is 11.7. The first kappa shape index (κ1) is 17.5. The second-order valence-corrected chi connectivity index (χ2v) is 5.62. The summed E-state index contributed by atoms with van der Waals surface area (Å²) in [6, 6.07) is 7.30. The summed E-state index contributed by atoms with van der Waals surface area (Å²) in [5.41, 5.74) is 7.56. The SMILES string of the molecule is CC(C)COCCCNC(=O)Nc1cccc(C(C)N)c1. The van der Waals surface area contributed by atoms with Gasteiger partial charge >= 0.3 is 6.03 Å². The van der Waals surface area contributed by atoms with Crippen LogP contribution in [0.1, 0.15) is 38.8 Å². The van der Waals surface area contributed by atoms with Gasteiger partial charge in [0.1, 0.15) is 0 Å². The van der Waals surface area contributed by atoms with E-state index in [0.29, 0.717) is 19.1 Å². The van der Waals surface area contributed by atoms with Gasteiger partial charge in [0.05, 0.1) is 0 Å². The van der Waals surface area contributed by atoms with Crippen molar-refractivity contribution in [2.75, 3.05) is 25.1 Å². The van der Waals surface area contributed by atoms with E-state index < -0.39 is 0 Å². The lowest BCUT2D eigenvalue weighted by Gasteiger charge is -2.11. The van der Waals surface area contributed by atoms with E-state index in [4.69, 9.17) is 10.5 Å². The van der Waals surface area contributed by atoms with Gasteiger partial charge in [-0.15, -0.1) is 0 Å². The molecule has 4 N–H and O–H groups in total. The first-order chi connectivity index (χ1) is 9.99. The molecule has 0 fully saturated rings. The van der Waals surface area contributed by atoms with E-state index in [2.05, 4.69) is 24.5 Å². The number of anilines is 1. The number of benzene rings is 1. The van der Waals surface area contributed by atoms with Gasteiger partial charge < -0.3 is 21.1 Å². The molecule has 1 atom stereocenters.